The zero-order chi connectivity index (χ0) is 19.1. The van der Waals surface area contributed by atoms with Crippen molar-refractivity contribution in [3.63, 3.8) is 0 Å². The third kappa shape index (κ3) is 6.37. The second kappa shape index (κ2) is 9.53. The first-order chi connectivity index (χ1) is 13.1. The van der Waals surface area contributed by atoms with Gasteiger partial charge in [-0.25, -0.2) is 0 Å². The number of thioether (sulfide) groups is 1. The van der Waals surface area contributed by atoms with Crippen LogP contribution in [0, 0.1) is 6.92 Å². The number of carbonyl (C=O) groups is 1. The molecule has 0 saturated carbocycles. The summed E-state index contributed by atoms with van der Waals surface area (Å²) in [4.78, 5) is 12.0. The van der Waals surface area contributed by atoms with Gasteiger partial charge in [0.2, 0.25) is 5.91 Å². The number of halogens is 1. The summed E-state index contributed by atoms with van der Waals surface area (Å²) in [5.74, 6) is 0.908. The lowest BCUT2D eigenvalue weighted by molar-refractivity contribution is -0.113. The number of hydrogen-bond donors (Lipinski definition) is 2. The Balaban J connectivity index is 1.45. The fourth-order valence-corrected chi connectivity index (χ4v) is 3.14. The molecule has 0 bridgehead atoms. The van der Waals surface area contributed by atoms with E-state index in [-0.39, 0.29) is 11.7 Å². The topological polar surface area (TPSA) is 66.9 Å². The molecule has 1 amide bonds. The maximum Gasteiger partial charge on any atom is 0.234 e. The zero-order valence-corrected chi connectivity index (χ0v) is 17.2. The van der Waals surface area contributed by atoms with Gasteiger partial charge in [0.05, 0.1) is 5.75 Å². The fraction of sp³-hybridized carbons (Fsp3) is 0.150. The van der Waals surface area contributed by atoms with Gasteiger partial charge < -0.3 is 10.6 Å². The Morgan fingerprint density at radius 3 is 2.41 bits per heavy atom. The Kier molecular flexibility index (Phi) is 6.84. The Morgan fingerprint density at radius 2 is 1.74 bits per heavy atom. The lowest BCUT2D eigenvalue weighted by Gasteiger charge is -2.07. The van der Waals surface area contributed by atoms with Gasteiger partial charge in [-0.2, -0.15) is 0 Å². The third-order valence-corrected chi connectivity index (χ3v) is 5.16. The lowest BCUT2D eigenvalue weighted by Crippen LogP contribution is -2.14. The largest absolute Gasteiger partial charge is 0.365 e. The highest BCUT2D eigenvalue weighted by atomic mass is 79.9. The molecule has 0 spiro atoms. The molecule has 1 aromatic heterocycles. The molecule has 0 radical (unpaired) electrons. The van der Waals surface area contributed by atoms with E-state index in [4.69, 9.17) is 0 Å². The van der Waals surface area contributed by atoms with Crippen LogP contribution in [-0.4, -0.2) is 21.9 Å². The van der Waals surface area contributed by atoms with Crippen molar-refractivity contribution in [3.05, 3.63) is 76.3 Å². The second-order valence-corrected chi connectivity index (χ2v) is 7.85. The van der Waals surface area contributed by atoms with Crippen LogP contribution in [0.2, 0.25) is 0 Å². The quantitative estimate of drug-likeness (QED) is 0.509. The molecule has 3 rings (SSSR count). The number of hydrogen-bond acceptors (Lipinski definition) is 5. The summed E-state index contributed by atoms with van der Waals surface area (Å²) in [6.07, 6.45) is 0. The number of aryl methyl sites for hydroxylation is 1. The Labute approximate surface area is 171 Å². The molecule has 0 atom stereocenters. The van der Waals surface area contributed by atoms with Crippen LogP contribution in [-0.2, 0) is 11.3 Å². The normalized spacial score (nSPS) is 10.4. The minimum atomic E-state index is -0.0781. The van der Waals surface area contributed by atoms with Crippen molar-refractivity contribution in [2.75, 3.05) is 16.4 Å². The van der Waals surface area contributed by atoms with Crippen molar-refractivity contribution in [3.8, 4) is 0 Å². The van der Waals surface area contributed by atoms with Crippen LogP contribution in [0.25, 0.3) is 0 Å². The van der Waals surface area contributed by atoms with Crippen LogP contribution in [0.4, 0.5) is 11.5 Å². The molecule has 3 aromatic rings. The molecule has 0 fully saturated rings. The first-order valence-corrected chi connectivity index (χ1v) is 10.2. The Morgan fingerprint density at radius 1 is 1.00 bits per heavy atom. The first kappa shape index (κ1) is 19.4. The summed E-state index contributed by atoms with van der Waals surface area (Å²) in [6, 6.07) is 19.5. The highest BCUT2D eigenvalue weighted by Crippen LogP contribution is 2.18. The number of carbonyl (C=O) groups excluding carboxylic acids is 1. The molecule has 138 valence electrons. The molecule has 0 aliphatic carbocycles. The number of nitrogens with zero attached hydrogens (tertiary/aromatic N) is 2. The van der Waals surface area contributed by atoms with Gasteiger partial charge in [0.15, 0.2) is 0 Å². The van der Waals surface area contributed by atoms with Crippen molar-refractivity contribution in [2.24, 2.45) is 0 Å². The Hall–Kier alpha value is -2.38. The molecule has 2 N–H and O–H groups in total. The van der Waals surface area contributed by atoms with Crippen LogP contribution in [0.3, 0.4) is 0 Å². The molecule has 0 aliphatic heterocycles. The second-order valence-electron chi connectivity index (χ2n) is 5.94. The fourth-order valence-electron chi connectivity index (χ4n) is 2.26. The molecule has 2 aromatic carbocycles. The predicted octanol–water partition coefficient (Wildman–Crippen LogP) is 4.89. The van der Waals surface area contributed by atoms with E-state index in [1.54, 1.807) is 0 Å². The van der Waals surface area contributed by atoms with Crippen LogP contribution >= 0.6 is 27.7 Å². The van der Waals surface area contributed by atoms with Gasteiger partial charge in [0.1, 0.15) is 10.8 Å². The minimum absolute atomic E-state index is 0.0781. The van der Waals surface area contributed by atoms with Crippen LogP contribution in [0.15, 0.2) is 70.2 Å². The van der Waals surface area contributed by atoms with Crippen molar-refractivity contribution in [2.45, 2.75) is 18.5 Å². The van der Waals surface area contributed by atoms with E-state index in [2.05, 4.69) is 68.0 Å². The van der Waals surface area contributed by atoms with Gasteiger partial charge in [0, 0.05) is 16.7 Å². The van der Waals surface area contributed by atoms with E-state index in [1.165, 1.54) is 22.9 Å². The van der Waals surface area contributed by atoms with Gasteiger partial charge >= 0.3 is 0 Å². The van der Waals surface area contributed by atoms with Crippen molar-refractivity contribution < 1.29 is 4.79 Å². The standard InChI is InChI=1S/C20H19BrN4OS/c1-14-2-4-15(5-3-14)12-22-18-10-11-20(25-24-18)27-13-19(26)23-17-8-6-16(21)7-9-17/h2-11H,12-13H2,1H3,(H,22,24)(H,23,26). The van der Waals surface area contributed by atoms with Gasteiger partial charge in [-0.05, 0) is 48.9 Å². The maximum atomic E-state index is 12.0. The van der Waals surface area contributed by atoms with Gasteiger partial charge in [-0.3, -0.25) is 4.79 Å². The SMILES string of the molecule is Cc1ccc(CNc2ccc(SCC(=O)Nc3ccc(Br)cc3)nn2)cc1. The van der Waals surface area contributed by atoms with Gasteiger partial charge in [0.25, 0.3) is 0 Å². The molecule has 0 unspecified atom stereocenters. The number of aromatic nitrogens is 2. The van der Waals surface area contributed by atoms with E-state index < -0.39 is 0 Å². The predicted molar refractivity (Wildman–Crippen MR) is 114 cm³/mol. The molecule has 0 aliphatic rings. The molecule has 5 nitrogen and oxygen atoms in total. The number of rotatable bonds is 7. The van der Waals surface area contributed by atoms with Crippen LogP contribution < -0.4 is 10.6 Å². The molecular formula is C20H19BrN4OS. The minimum Gasteiger partial charge on any atom is -0.365 e. The summed E-state index contributed by atoms with van der Waals surface area (Å²) < 4.78 is 0.973. The molecule has 7 heteroatoms. The number of nitrogens with one attached hydrogen (secondary N) is 2. The zero-order valence-electron chi connectivity index (χ0n) is 14.8. The molecule has 0 saturated heterocycles. The molecular weight excluding hydrogens is 424 g/mol. The number of amides is 1. The van der Waals surface area contributed by atoms with Crippen molar-refractivity contribution in [1.82, 2.24) is 10.2 Å². The van der Waals surface area contributed by atoms with E-state index >= 15 is 0 Å². The highest BCUT2D eigenvalue weighted by Gasteiger charge is 2.05. The number of anilines is 2. The smallest absolute Gasteiger partial charge is 0.234 e. The lowest BCUT2D eigenvalue weighted by atomic mass is 10.1. The summed E-state index contributed by atoms with van der Waals surface area (Å²) in [5.41, 5.74) is 3.19. The Bertz CT molecular complexity index is 883. The maximum absolute atomic E-state index is 12.0. The summed E-state index contributed by atoms with van der Waals surface area (Å²) in [6.45, 7) is 2.76. The first-order valence-electron chi connectivity index (χ1n) is 8.40. The van der Waals surface area contributed by atoms with Crippen molar-refractivity contribution in [1.29, 1.82) is 0 Å². The van der Waals surface area contributed by atoms with E-state index in [0.717, 1.165) is 10.2 Å². The van der Waals surface area contributed by atoms with Crippen LogP contribution in [0.5, 0.6) is 0 Å². The van der Waals surface area contributed by atoms with E-state index in [1.807, 2.05) is 36.4 Å². The highest BCUT2D eigenvalue weighted by molar-refractivity contribution is 9.10. The number of benzene rings is 2. The van der Waals surface area contributed by atoms with Gasteiger partial charge in [-0.1, -0.05) is 57.5 Å². The monoisotopic (exact) mass is 442 g/mol. The van der Waals surface area contributed by atoms with Crippen LogP contribution in [0.1, 0.15) is 11.1 Å². The summed E-state index contributed by atoms with van der Waals surface area (Å²) in [7, 11) is 0. The average molecular weight is 443 g/mol. The van der Waals surface area contributed by atoms with Gasteiger partial charge in [-0.15, -0.1) is 10.2 Å². The third-order valence-electron chi connectivity index (χ3n) is 3.71. The van der Waals surface area contributed by atoms with E-state index in [9.17, 15) is 4.79 Å². The van der Waals surface area contributed by atoms with Crippen molar-refractivity contribution >= 4 is 45.1 Å². The molecule has 1 heterocycles. The summed E-state index contributed by atoms with van der Waals surface area (Å²) >= 11 is 4.72. The average Bonchev–Trinajstić information content (AvgIpc) is 2.68. The molecule has 27 heavy (non-hydrogen) atoms. The van der Waals surface area contributed by atoms with E-state index in [0.29, 0.717) is 17.4 Å². The summed E-state index contributed by atoms with van der Waals surface area (Å²) in [5, 5.41) is 15.1.